The van der Waals surface area contributed by atoms with Crippen molar-refractivity contribution in [1.82, 2.24) is 0 Å². The third-order valence-electron chi connectivity index (χ3n) is 2.29. The Morgan fingerprint density at radius 3 is 1.77 bits per heavy atom. The minimum atomic E-state index is -1.55. The number of esters is 1. The molecule has 3 N–H and O–H groups in total. The van der Waals surface area contributed by atoms with Crippen molar-refractivity contribution in [1.29, 1.82) is 0 Å². The normalized spacial score (nSPS) is 10.4. The Labute approximate surface area is 128 Å². The number of carbonyl (C=O) groups is 3. The number of aliphatic carboxylic acids is 1. The number of carbonyl (C=O) groups excluding carboxylic acids is 2. The van der Waals surface area contributed by atoms with Gasteiger partial charge in [-0.25, -0.2) is 4.79 Å². The van der Waals surface area contributed by atoms with Gasteiger partial charge >= 0.3 is 11.9 Å². The van der Waals surface area contributed by atoms with Crippen molar-refractivity contribution in [2.75, 3.05) is 52.8 Å². The molecular weight excluding hydrogens is 298 g/mol. The van der Waals surface area contributed by atoms with Gasteiger partial charge in [-0.2, -0.15) is 0 Å². The van der Waals surface area contributed by atoms with Gasteiger partial charge in [0.15, 0.2) is 0 Å². The highest BCUT2D eigenvalue weighted by atomic mass is 16.6. The second-order valence-electron chi connectivity index (χ2n) is 4.07. The number of ether oxygens (including phenoxy) is 4. The maximum atomic E-state index is 11.2. The summed E-state index contributed by atoms with van der Waals surface area (Å²) in [6, 6.07) is 0. The van der Waals surface area contributed by atoms with E-state index >= 15 is 0 Å². The van der Waals surface area contributed by atoms with Gasteiger partial charge in [0.2, 0.25) is 5.78 Å². The standard InChI is InChI=1S/C13H23NO8/c14-3-4-19-5-6-20-7-8-21-9-10-22-12(16)2-1-11(15)13(17)18/h1-10,14H2,(H,17,18). The lowest BCUT2D eigenvalue weighted by atomic mass is 10.2. The zero-order valence-corrected chi connectivity index (χ0v) is 12.5. The summed E-state index contributed by atoms with van der Waals surface area (Å²) in [6.07, 6.45) is -0.619. The van der Waals surface area contributed by atoms with Crippen molar-refractivity contribution in [3.8, 4) is 0 Å². The van der Waals surface area contributed by atoms with E-state index in [1.165, 1.54) is 0 Å². The first-order valence-corrected chi connectivity index (χ1v) is 6.93. The van der Waals surface area contributed by atoms with E-state index in [-0.39, 0.29) is 26.1 Å². The number of hydrogen-bond donors (Lipinski definition) is 2. The largest absolute Gasteiger partial charge is 0.476 e. The predicted molar refractivity (Wildman–Crippen MR) is 74.3 cm³/mol. The van der Waals surface area contributed by atoms with Crippen molar-refractivity contribution < 1.29 is 38.4 Å². The topological polar surface area (TPSA) is 134 Å². The molecule has 0 amide bonds. The molecule has 0 heterocycles. The summed E-state index contributed by atoms with van der Waals surface area (Å²) in [5, 5.41) is 8.33. The van der Waals surface area contributed by atoms with E-state index in [0.29, 0.717) is 39.6 Å². The summed E-state index contributed by atoms with van der Waals surface area (Å²) in [4.78, 5) is 32.1. The Morgan fingerprint density at radius 2 is 1.27 bits per heavy atom. The molecule has 22 heavy (non-hydrogen) atoms. The van der Waals surface area contributed by atoms with Gasteiger partial charge in [-0.15, -0.1) is 0 Å². The quantitative estimate of drug-likeness (QED) is 0.220. The molecule has 0 aliphatic heterocycles. The number of Topliss-reactive ketones (excluding diaryl/α,β-unsaturated/α-hetero) is 1. The molecule has 0 aliphatic carbocycles. The molecule has 9 nitrogen and oxygen atoms in total. The maximum absolute atomic E-state index is 11.2. The SMILES string of the molecule is NCCOCCOCCOCCOC(=O)CCC(=O)C(=O)O. The number of rotatable bonds is 15. The molecule has 0 aromatic rings. The first-order valence-electron chi connectivity index (χ1n) is 6.93. The van der Waals surface area contributed by atoms with Crippen LogP contribution in [-0.4, -0.2) is 75.6 Å². The molecule has 128 valence electrons. The summed E-state index contributed by atoms with van der Waals surface area (Å²) in [6.45, 7) is 2.90. The first-order chi connectivity index (χ1) is 10.6. The third kappa shape index (κ3) is 13.4. The van der Waals surface area contributed by atoms with Crippen LogP contribution in [0.2, 0.25) is 0 Å². The lowest BCUT2D eigenvalue weighted by Gasteiger charge is -2.07. The molecule has 0 unspecified atom stereocenters. The van der Waals surface area contributed by atoms with Crippen molar-refractivity contribution in [2.24, 2.45) is 5.73 Å². The molecule has 0 aromatic heterocycles. The molecule has 0 bridgehead atoms. The number of ketones is 1. The van der Waals surface area contributed by atoms with Gasteiger partial charge in [-0.1, -0.05) is 0 Å². The van der Waals surface area contributed by atoms with Crippen molar-refractivity contribution in [3.05, 3.63) is 0 Å². The van der Waals surface area contributed by atoms with E-state index in [9.17, 15) is 14.4 Å². The number of carboxylic acid groups (broad SMARTS) is 1. The number of carboxylic acids is 1. The number of hydrogen-bond acceptors (Lipinski definition) is 8. The van der Waals surface area contributed by atoms with Gasteiger partial charge in [0.1, 0.15) is 6.61 Å². The first kappa shape index (κ1) is 20.5. The fourth-order valence-electron chi connectivity index (χ4n) is 1.23. The highest BCUT2D eigenvalue weighted by molar-refractivity contribution is 6.32. The van der Waals surface area contributed by atoms with Crippen LogP contribution in [0, 0.1) is 0 Å². The summed E-state index contributed by atoms with van der Waals surface area (Å²) < 4.78 is 20.2. The van der Waals surface area contributed by atoms with Gasteiger partial charge in [0.05, 0.1) is 46.1 Å². The van der Waals surface area contributed by atoms with Crippen LogP contribution in [-0.2, 0) is 33.3 Å². The second-order valence-corrected chi connectivity index (χ2v) is 4.07. The second kappa shape index (κ2) is 14.4. The van der Waals surface area contributed by atoms with Gasteiger partial charge in [0.25, 0.3) is 0 Å². The average Bonchev–Trinajstić information content (AvgIpc) is 2.50. The molecule has 0 atom stereocenters. The zero-order chi connectivity index (χ0) is 16.6. The highest BCUT2D eigenvalue weighted by Gasteiger charge is 2.13. The van der Waals surface area contributed by atoms with Crippen LogP contribution in [0.25, 0.3) is 0 Å². The highest BCUT2D eigenvalue weighted by Crippen LogP contribution is 1.95. The van der Waals surface area contributed by atoms with Crippen LogP contribution >= 0.6 is 0 Å². The van der Waals surface area contributed by atoms with Crippen molar-refractivity contribution in [2.45, 2.75) is 12.8 Å². The summed E-state index contributed by atoms with van der Waals surface area (Å²) in [5.41, 5.74) is 5.24. The van der Waals surface area contributed by atoms with Crippen molar-refractivity contribution >= 4 is 17.7 Å². The van der Waals surface area contributed by atoms with Crippen LogP contribution in [0.15, 0.2) is 0 Å². The lowest BCUT2D eigenvalue weighted by Crippen LogP contribution is -2.17. The summed E-state index contributed by atoms with van der Waals surface area (Å²) in [7, 11) is 0. The van der Waals surface area contributed by atoms with Crippen LogP contribution in [0.5, 0.6) is 0 Å². The van der Waals surface area contributed by atoms with E-state index < -0.39 is 17.7 Å². The Balaban J connectivity index is 3.27. The van der Waals surface area contributed by atoms with Crippen LogP contribution in [0.1, 0.15) is 12.8 Å². The third-order valence-corrected chi connectivity index (χ3v) is 2.29. The van der Waals surface area contributed by atoms with E-state index in [0.717, 1.165) is 0 Å². The van der Waals surface area contributed by atoms with Gasteiger partial charge in [-0.3, -0.25) is 9.59 Å². The molecule has 0 saturated heterocycles. The monoisotopic (exact) mass is 321 g/mol. The van der Waals surface area contributed by atoms with Crippen LogP contribution < -0.4 is 5.73 Å². The van der Waals surface area contributed by atoms with E-state index in [4.69, 9.17) is 29.8 Å². The summed E-state index contributed by atoms with van der Waals surface area (Å²) in [5.74, 6) is -3.20. The van der Waals surface area contributed by atoms with Gasteiger partial charge < -0.3 is 29.8 Å². The Morgan fingerprint density at radius 1 is 0.773 bits per heavy atom. The molecule has 0 saturated carbocycles. The Hall–Kier alpha value is -1.55. The van der Waals surface area contributed by atoms with E-state index in [1.54, 1.807) is 0 Å². The van der Waals surface area contributed by atoms with E-state index in [2.05, 4.69) is 0 Å². The summed E-state index contributed by atoms with van der Waals surface area (Å²) >= 11 is 0. The van der Waals surface area contributed by atoms with Gasteiger partial charge in [-0.05, 0) is 0 Å². The van der Waals surface area contributed by atoms with Crippen LogP contribution in [0.4, 0.5) is 0 Å². The number of nitrogens with two attached hydrogens (primary N) is 1. The predicted octanol–water partition coefficient (Wildman–Crippen LogP) is -1.03. The van der Waals surface area contributed by atoms with Crippen molar-refractivity contribution in [3.63, 3.8) is 0 Å². The molecule has 0 aliphatic rings. The van der Waals surface area contributed by atoms with E-state index in [1.807, 2.05) is 0 Å². The molecular formula is C13H23NO8. The maximum Gasteiger partial charge on any atom is 0.372 e. The molecule has 0 radical (unpaired) electrons. The van der Waals surface area contributed by atoms with Crippen LogP contribution in [0.3, 0.4) is 0 Å². The molecule has 0 spiro atoms. The Kier molecular flexibility index (Phi) is 13.4. The Bertz CT molecular complexity index is 334. The lowest BCUT2D eigenvalue weighted by molar-refractivity contribution is -0.151. The average molecular weight is 321 g/mol. The smallest absolute Gasteiger partial charge is 0.372 e. The van der Waals surface area contributed by atoms with Gasteiger partial charge in [0, 0.05) is 13.0 Å². The zero-order valence-electron chi connectivity index (χ0n) is 12.5. The fourth-order valence-corrected chi connectivity index (χ4v) is 1.23. The molecule has 0 rings (SSSR count). The fraction of sp³-hybridized carbons (Fsp3) is 0.769. The molecule has 0 aromatic carbocycles. The minimum Gasteiger partial charge on any atom is -0.476 e. The molecule has 0 fully saturated rings. The minimum absolute atomic E-state index is 0.0414. The molecule has 9 heteroatoms.